The fraction of sp³-hybridized carbons (Fsp3) is 0.400. The van der Waals surface area contributed by atoms with E-state index in [2.05, 4.69) is 0 Å². The summed E-state index contributed by atoms with van der Waals surface area (Å²) in [5, 5.41) is 10.8. The monoisotopic (exact) mass is 327 g/mol. The molecule has 0 aromatic heterocycles. The van der Waals surface area contributed by atoms with E-state index in [0.717, 1.165) is 0 Å². The second-order valence-electron chi connectivity index (χ2n) is 3.29. The number of nitro groups is 1. The van der Waals surface area contributed by atoms with Crippen LogP contribution in [0.25, 0.3) is 0 Å². The summed E-state index contributed by atoms with van der Waals surface area (Å²) in [6.07, 6.45) is 0. The van der Waals surface area contributed by atoms with Gasteiger partial charge in [0.1, 0.15) is 5.30 Å². The molecule has 0 aliphatic rings. The van der Waals surface area contributed by atoms with Crippen molar-refractivity contribution < 1.29 is 18.5 Å². The molecule has 0 heterocycles. The lowest BCUT2D eigenvalue weighted by atomic mass is 10.3. The molecule has 0 unspecified atom stereocenters. The minimum absolute atomic E-state index is 0.0484. The van der Waals surface area contributed by atoms with Crippen LogP contribution in [0.5, 0.6) is 0 Å². The van der Waals surface area contributed by atoms with Crippen LogP contribution in [-0.4, -0.2) is 29.9 Å². The van der Waals surface area contributed by atoms with E-state index in [0.29, 0.717) is 0 Å². The maximum Gasteiger partial charge on any atom is 0.368 e. The van der Waals surface area contributed by atoms with Crippen LogP contribution in [0, 0.1) is 10.1 Å². The molecule has 19 heavy (non-hydrogen) atoms. The third-order valence-electron chi connectivity index (χ3n) is 2.05. The third kappa shape index (κ3) is 4.44. The Morgan fingerprint density at radius 3 is 2.16 bits per heavy atom. The summed E-state index contributed by atoms with van der Waals surface area (Å²) in [5.41, 5.74) is -0.324. The van der Waals surface area contributed by atoms with Crippen LogP contribution in [0.2, 0.25) is 0 Å². The van der Waals surface area contributed by atoms with Crippen molar-refractivity contribution in [3.63, 3.8) is 0 Å². The molecule has 0 saturated heterocycles. The van der Waals surface area contributed by atoms with Gasteiger partial charge in [-0.3, -0.25) is 14.7 Å². The van der Waals surface area contributed by atoms with E-state index in [1.165, 1.54) is 24.3 Å². The largest absolute Gasteiger partial charge is 0.368 e. The molecule has 1 aromatic carbocycles. The van der Waals surface area contributed by atoms with Crippen molar-refractivity contribution in [2.24, 2.45) is 0 Å². The zero-order chi connectivity index (χ0) is 14.3. The molecule has 0 bridgehead atoms. The highest BCUT2D eigenvalue weighted by Crippen LogP contribution is 2.49. The van der Waals surface area contributed by atoms with Gasteiger partial charge in [-0.1, -0.05) is 12.1 Å². The van der Waals surface area contributed by atoms with E-state index in [-0.39, 0.29) is 36.0 Å². The van der Waals surface area contributed by atoms with Gasteiger partial charge in [-0.25, -0.2) is 0 Å². The average molecular weight is 328 g/mol. The second-order valence-corrected chi connectivity index (χ2v) is 6.04. The van der Waals surface area contributed by atoms with Crippen LogP contribution >= 0.6 is 30.8 Å². The zero-order valence-electron chi connectivity index (χ0n) is 9.83. The van der Waals surface area contributed by atoms with Crippen molar-refractivity contribution in [2.75, 3.05) is 25.0 Å². The van der Waals surface area contributed by atoms with E-state index < -0.39 is 12.5 Å². The predicted octanol–water partition coefficient (Wildman–Crippen LogP) is 2.92. The van der Waals surface area contributed by atoms with Gasteiger partial charge in [-0.2, -0.15) is 0 Å². The van der Waals surface area contributed by atoms with Crippen molar-refractivity contribution >= 4 is 41.8 Å². The standard InChI is InChI=1S/C10H12Cl2NO5P/c11-5-7-17-19(16,18-8-6-12)10-4-2-1-3-9(10)13(14)15/h1-4H,5-8H2. The van der Waals surface area contributed by atoms with Gasteiger partial charge in [0.15, 0.2) is 0 Å². The summed E-state index contributed by atoms with van der Waals surface area (Å²) in [6, 6.07) is 5.55. The van der Waals surface area contributed by atoms with Crippen LogP contribution in [0.15, 0.2) is 24.3 Å². The zero-order valence-corrected chi connectivity index (χ0v) is 12.2. The topological polar surface area (TPSA) is 78.7 Å². The number of hydrogen-bond acceptors (Lipinski definition) is 5. The molecule has 0 spiro atoms. The van der Waals surface area contributed by atoms with Gasteiger partial charge in [0.05, 0.1) is 18.1 Å². The Hall–Kier alpha value is -0.650. The molecule has 6 nitrogen and oxygen atoms in total. The first-order chi connectivity index (χ1) is 9.05. The van der Waals surface area contributed by atoms with Gasteiger partial charge in [0, 0.05) is 17.8 Å². The first-order valence-electron chi connectivity index (χ1n) is 5.30. The van der Waals surface area contributed by atoms with E-state index in [9.17, 15) is 14.7 Å². The summed E-state index contributed by atoms with van der Waals surface area (Å²) >= 11 is 10.9. The molecule has 9 heteroatoms. The number of para-hydroxylation sites is 1. The van der Waals surface area contributed by atoms with Crippen molar-refractivity contribution in [2.45, 2.75) is 0 Å². The van der Waals surface area contributed by atoms with Crippen LogP contribution in [0.1, 0.15) is 0 Å². The normalized spacial score (nSPS) is 11.5. The van der Waals surface area contributed by atoms with Crippen LogP contribution in [-0.2, 0) is 13.6 Å². The second kappa shape index (κ2) is 7.82. The quantitative estimate of drug-likeness (QED) is 0.317. The number of benzene rings is 1. The molecular formula is C10H12Cl2NO5P. The number of hydrogen-bond donors (Lipinski definition) is 0. The van der Waals surface area contributed by atoms with Gasteiger partial charge in [0.2, 0.25) is 0 Å². The van der Waals surface area contributed by atoms with Gasteiger partial charge in [-0.15, -0.1) is 23.2 Å². The number of halogens is 2. The first-order valence-corrected chi connectivity index (χ1v) is 7.91. The molecule has 0 atom stereocenters. The average Bonchev–Trinajstić information content (AvgIpc) is 2.43. The van der Waals surface area contributed by atoms with Crippen molar-refractivity contribution in [1.82, 2.24) is 0 Å². The number of rotatable bonds is 8. The number of nitro benzene ring substituents is 1. The molecule has 106 valence electrons. The first kappa shape index (κ1) is 16.4. The Kier molecular flexibility index (Phi) is 6.75. The Balaban J connectivity index is 3.16. The molecule has 0 radical (unpaired) electrons. The van der Waals surface area contributed by atoms with Gasteiger partial charge in [-0.05, 0) is 6.07 Å². The number of alkyl halides is 2. The molecule has 0 aliphatic heterocycles. The van der Waals surface area contributed by atoms with Crippen molar-refractivity contribution in [3.05, 3.63) is 34.4 Å². The van der Waals surface area contributed by atoms with Gasteiger partial charge in [0.25, 0.3) is 5.69 Å². The minimum atomic E-state index is -3.81. The SMILES string of the molecule is O=[N+]([O-])c1ccccc1P(=O)(OCCCl)OCCCl. The minimum Gasteiger partial charge on any atom is -0.304 e. The molecule has 0 amide bonds. The van der Waals surface area contributed by atoms with E-state index in [1.54, 1.807) is 0 Å². The highest BCUT2D eigenvalue weighted by molar-refractivity contribution is 7.62. The smallest absolute Gasteiger partial charge is 0.304 e. The Bertz CT molecular complexity index is 473. The molecule has 0 N–H and O–H groups in total. The summed E-state index contributed by atoms with van der Waals surface area (Å²) in [5.74, 6) is 0.184. The summed E-state index contributed by atoms with van der Waals surface area (Å²) in [4.78, 5) is 10.3. The van der Waals surface area contributed by atoms with Gasteiger partial charge < -0.3 is 9.05 Å². The Morgan fingerprint density at radius 2 is 1.68 bits per heavy atom. The maximum absolute atomic E-state index is 12.6. The number of nitrogens with zero attached hydrogens (tertiary/aromatic N) is 1. The lowest BCUT2D eigenvalue weighted by molar-refractivity contribution is -0.383. The fourth-order valence-electron chi connectivity index (χ4n) is 1.34. The summed E-state index contributed by atoms with van der Waals surface area (Å²) < 4.78 is 22.8. The van der Waals surface area contributed by atoms with E-state index in [1.807, 2.05) is 0 Å². The molecule has 1 rings (SSSR count). The summed E-state index contributed by atoms with van der Waals surface area (Å²) in [7, 11) is -3.81. The molecule has 0 fully saturated rings. The Morgan fingerprint density at radius 1 is 1.16 bits per heavy atom. The fourth-order valence-corrected chi connectivity index (χ4v) is 3.43. The third-order valence-corrected chi connectivity index (χ3v) is 4.37. The predicted molar refractivity (Wildman–Crippen MR) is 73.7 cm³/mol. The van der Waals surface area contributed by atoms with Crippen LogP contribution in [0.4, 0.5) is 5.69 Å². The van der Waals surface area contributed by atoms with E-state index >= 15 is 0 Å². The van der Waals surface area contributed by atoms with Crippen molar-refractivity contribution in [3.8, 4) is 0 Å². The van der Waals surface area contributed by atoms with Crippen LogP contribution < -0.4 is 5.30 Å². The highest BCUT2D eigenvalue weighted by Gasteiger charge is 2.34. The lowest BCUT2D eigenvalue weighted by Crippen LogP contribution is -2.16. The van der Waals surface area contributed by atoms with Crippen molar-refractivity contribution in [1.29, 1.82) is 0 Å². The Labute approximate surface area is 120 Å². The van der Waals surface area contributed by atoms with Crippen LogP contribution in [0.3, 0.4) is 0 Å². The molecule has 0 aliphatic carbocycles. The molecule has 0 saturated carbocycles. The summed E-state index contributed by atoms with van der Waals surface area (Å²) in [6.45, 7) is -0.0969. The molecule has 1 aromatic rings. The molecular weight excluding hydrogens is 316 g/mol. The maximum atomic E-state index is 12.6. The highest BCUT2D eigenvalue weighted by atomic mass is 35.5. The lowest BCUT2D eigenvalue weighted by Gasteiger charge is -2.17. The van der Waals surface area contributed by atoms with E-state index in [4.69, 9.17) is 32.2 Å². The van der Waals surface area contributed by atoms with Gasteiger partial charge >= 0.3 is 7.60 Å².